The van der Waals surface area contributed by atoms with E-state index in [1.807, 2.05) is 0 Å². The number of urea groups is 1. The minimum Gasteiger partial charge on any atom is -0.481 e. The van der Waals surface area contributed by atoms with Gasteiger partial charge in [-0.2, -0.15) is 0 Å². The molecule has 0 aromatic heterocycles. The smallest absolute Gasteiger partial charge is 0.315 e. The van der Waals surface area contributed by atoms with Crippen LogP contribution < -0.4 is 10.6 Å². The lowest BCUT2D eigenvalue weighted by atomic mass is 9.85. The van der Waals surface area contributed by atoms with Gasteiger partial charge in [-0.1, -0.05) is 19.3 Å². The van der Waals surface area contributed by atoms with E-state index in [-0.39, 0.29) is 12.5 Å². The minimum absolute atomic E-state index is 0.0316. The molecule has 0 heterocycles. The zero-order chi connectivity index (χ0) is 13.0. The number of hydrogen-bond acceptors (Lipinski definition) is 2. The summed E-state index contributed by atoms with van der Waals surface area (Å²) in [4.78, 5) is 22.7. The lowest BCUT2D eigenvalue weighted by Crippen LogP contribution is -2.52. The van der Waals surface area contributed by atoms with Gasteiger partial charge in [-0.25, -0.2) is 4.79 Å². The molecule has 0 saturated heterocycles. The van der Waals surface area contributed by atoms with E-state index in [4.69, 9.17) is 5.11 Å². The summed E-state index contributed by atoms with van der Waals surface area (Å²) in [6.45, 7) is 0.717. The van der Waals surface area contributed by atoms with Crippen molar-refractivity contribution in [2.75, 3.05) is 6.54 Å². The third-order valence-corrected chi connectivity index (χ3v) is 4.21. The Morgan fingerprint density at radius 1 is 1.17 bits per heavy atom. The predicted molar refractivity (Wildman–Crippen MR) is 67.3 cm³/mol. The van der Waals surface area contributed by atoms with E-state index in [1.165, 1.54) is 19.3 Å². The summed E-state index contributed by atoms with van der Waals surface area (Å²) in [6.07, 6.45) is 7.22. The van der Waals surface area contributed by atoms with Crippen molar-refractivity contribution in [3.63, 3.8) is 0 Å². The maximum absolute atomic E-state index is 11.8. The quantitative estimate of drug-likeness (QED) is 0.701. The summed E-state index contributed by atoms with van der Waals surface area (Å²) in [7, 11) is 0. The Bertz CT molecular complexity index is 320. The summed E-state index contributed by atoms with van der Waals surface area (Å²) < 4.78 is 0. The van der Waals surface area contributed by atoms with Crippen molar-refractivity contribution >= 4 is 12.0 Å². The molecule has 0 aromatic rings. The van der Waals surface area contributed by atoms with E-state index < -0.39 is 11.5 Å². The van der Waals surface area contributed by atoms with Crippen molar-refractivity contribution in [2.45, 2.75) is 56.9 Å². The zero-order valence-corrected chi connectivity index (χ0v) is 10.7. The van der Waals surface area contributed by atoms with Crippen LogP contribution in [0.2, 0.25) is 0 Å². The van der Waals surface area contributed by atoms with E-state index in [1.54, 1.807) is 0 Å². The molecular formula is C13H22N2O3. The van der Waals surface area contributed by atoms with Gasteiger partial charge in [-0.15, -0.1) is 0 Å². The van der Waals surface area contributed by atoms with Gasteiger partial charge in [-0.3, -0.25) is 4.79 Å². The Morgan fingerprint density at radius 2 is 1.83 bits per heavy atom. The summed E-state index contributed by atoms with van der Waals surface area (Å²) in [5.41, 5.74) is -0.518. The number of carboxylic acid groups (broad SMARTS) is 1. The Labute approximate surface area is 107 Å². The average Bonchev–Trinajstić information content (AvgIpc) is 2.62. The fourth-order valence-corrected chi connectivity index (χ4v) is 2.91. The number of rotatable bonds is 5. The van der Waals surface area contributed by atoms with Crippen molar-refractivity contribution in [3.05, 3.63) is 0 Å². The Hall–Kier alpha value is -1.26. The lowest BCUT2D eigenvalue weighted by Gasteiger charge is -2.30. The standard InChI is InChI=1S/C13H22N2O3/c16-11(17)8-13(6-1-2-7-13)15-12(18)14-9-10-4-3-5-10/h10H,1-9H2,(H,16,17)(H2,14,15,18). The van der Waals surface area contributed by atoms with E-state index >= 15 is 0 Å². The number of amides is 2. The number of hydrogen-bond donors (Lipinski definition) is 3. The Kier molecular flexibility index (Phi) is 4.09. The molecule has 2 rings (SSSR count). The minimum atomic E-state index is -0.837. The second-order valence-electron chi connectivity index (χ2n) is 5.69. The molecule has 2 amide bonds. The van der Waals surface area contributed by atoms with Crippen molar-refractivity contribution in [1.82, 2.24) is 10.6 Å². The van der Waals surface area contributed by atoms with Gasteiger partial charge in [0.05, 0.1) is 12.0 Å². The van der Waals surface area contributed by atoms with Gasteiger partial charge in [0.15, 0.2) is 0 Å². The summed E-state index contributed by atoms with van der Waals surface area (Å²) in [5, 5.41) is 14.7. The van der Waals surface area contributed by atoms with Crippen LogP contribution in [0.25, 0.3) is 0 Å². The van der Waals surface area contributed by atoms with Crippen LogP contribution in [0.4, 0.5) is 4.79 Å². The fourth-order valence-electron chi connectivity index (χ4n) is 2.91. The van der Waals surface area contributed by atoms with E-state index in [0.717, 1.165) is 32.2 Å². The van der Waals surface area contributed by atoms with Crippen LogP contribution in [-0.4, -0.2) is 29.2 Å². The monoisotopic (exact) mass is 254 g/mol. The SMILES string of the molecule is O=C(O)CC1(NC(=O)NCC2CCC2)CCCC1. The fraction of sp³-hybridized carbons (Fsp3) is 0.846. The second kappa shape index (κ2) is 5.59. The molecule has 0 unspecified atom stereocenters. The van der Waals surface area contributed by atoms with Crippen LogP contribution in [0.5, 0.6) is 0 Å². The highest BCUT2D eigenvalue weighted by Crippen LogP contribution is 2.32. The van der Waals surface area contributed by atoms with Gasteiger partial charge in [0.1, 0.15) is 0 Å². The van der Waals surface area contributed by atoms with Gasteiger partial charge in [0.25, 0.3) is 0 Å². The van der Waals surface area contributed by atoms with Gasteiger partial charge in [0, 0.05) is 6.54 Å². The van der Waals surface area contributed by atoms with Crippen molar-refractivity contribution in [2.24, 2.45) is 5.92 Å². The molecule has 5 heteroatoms. The molecule has 2 aliphatic carbocycles. The number of nitrogens with one attached hydrogen (secondary N) is 2. The van der Waals surface area contributed by atoms with Crippen LogP contribution in [0, 0.1) is 5.92 Å². The summed E-state index contributed by atoms with van der Waals surface area (Å²) >= 11 is 0. The van der Waals surface area contributed by atoms with Gasteiger partial charge in [0.2, 0.25) is 0 Å². The molecule has 3 N–H and O–H groups in total. The highest BCUT2D eigenvalue weighted by Gasteiger charge is 2.37. The van der Waals surface area contributed by atoms with E-state index in [9.17, 15) is 9.59 Å². The first-order valence-electron chi connectivity index (χ1n) is 6.87. The third kappa shape index (κ3) is 3.37. The molecule has 2 aliphatic rings. The van der Waals surface area contributed by atoms with Crippen LogP contribution in [0.15, 0.2) is 0 Å². The first-order valence-corrected chi connectivity index (χ1v) is 6.87. The van der Waals surface area contributed by atoms with Crippen molar-refractivity contribution < 1.29 is 14.7 Å². The average molecular weight is 254 g/mol. The number of aliphatic carboxylic acids is 1. The molecule has 5 nitrogen and oxygen atoms in total. The number of carbonyl (C=O) groups is 2. The lowest BCUT2D eigenvalue weighted by molar-refractivity contribution is -0.138. The van der Waals surface area contributed by atoms with Crippen LogP contribution in [-0.2, 0) is 4.79 Å². The van der Waals surface area contributed by atoms with Crippen molar-refractivity contribution in [1.29, 1.82) is 0 Å². The highest BCUT2D eigenvalue weighted by atomic mass is 16.4. The van der Waals surface area contributed by atoms with Gasteiger partial charge in [-0.05, 0) is 31.6 Å². The number of carboxylic acids is 1. The largest absolute Gasteiger partial charge is 0.481 e. The first-order chi connectivity index (χ1) is 8.60. The molecule has 18 heavy (non-hydrogen) atoms. The summed E-state index contributed by atoms with van der Waals surface area (Å²) in [6, 6.07) is -0.204. The van der Waals surface area contributed by atoms with Crippen LogP contribution in [0.3, 0.4) is 0 Å². The molecule has 102 valence electrons. The summed E-state index contributed by atoms with van der Waals surface area (Å²) in [5.74, 6) is -0.217. The van der Waals surface area contributed by atoms with Gasteiger partial charge < -0.3 is 15.7 Å². The normalized spacial score (nSPS) is 22.2. The molecule has 0 aromatic carbocycles. The van der Waals surface area contributed by atoms with E-state index in [0.29, 0.717) is 5.92 Å². The molecule has 0 bridgehead atoms. The third-order valence-electron chi connectivity index (χ3n) is 4.21. The van der Waals surface area contributed by atoms with Crippen LogP contribution in [0.1, 0.15) is 51.4 Å². The second-order valence-corrected chi connectivity index (χ2v) is 5.69. The van der Waals surface area contributed by atoms with Crippen LogP contribution >= 0.6 is 0 Å². The Balaban J connectivity index is 1.79. The highest BCUT2D eigenvalue weighted by molar-refractivity contribution is 5.76. The molecule has 0 atom stereocenters. The maximum Gasteiger partial charge on any atom is 0.315 e. The first kappa shape index (κ1) is 13.2. The molecule has 2 fully saturated rings. The zero-order valence-electron chi connectivity index (χ0n) is 10.7. The molecule has 0 radical (unpaired) electrons. The predicted octanol–water partition coefficient (Wildman–Crippen LogP) is 1.87. The topological polar surface area (TPSA) is 78.4 Å². The molecule has 2 saturated carbocycles. The molecule has 0 aliphatic heterocycles. The van der Waals surface area contributed by atoms with Crippen molar-refractivity contribution in [3.8, 4) is 0 Å². The van der Waals surface area contributed by atoms with Gasteiger partial charge >= 0.3 is 12.0 Å². The maximum atomic E-state index is 11.8. The Morgan fingerprint density at radius 3 is 2.33 bits per heavy atom. The molecule has 0 spiro atoms. The molecular weight excluding hydrogens is 232 g/mol. The van der Waals surface area contributed by atoms with E-state index in [2.05, 4.69) is 10.6 Å². The number of carbonyl (C=O) groups excluding carboxylic acids is 1.